The van der Waals surface area contributed by atoms with E-state index < -0.39 is 5.97 Å². The first-order valence-corrected chi connectivity index (χ1v) is 6.36. The highest BCUT2D eigenvalue weighted by Crippen LogP contribution is 2.25. The van der Waals surface area contributed by atoms with E-state index in [1.807, 2.05) is 37.3 Å². The van der Waals surface area contributed by atoms with Crippen LogP contribution in [0, 0.1) is 5.92 Å². The number of hydrogen-bond donors (Lipinski definition) is 1. The molecule has 0 fully saturated rings. The van der Waals surface area contributed by atoms with Gasteiger partial charge in [-0.1, -0.05) is 30.3 Å². The van der Waals surface area contributed by atoms with E-state index in [0.717, 1.165) is 5.56 Å². The Labute approximate surface area is 112 Å². The van der Waals surface area contributed by atoms with Gasteiger partial charge < -0.3 is 14.6 Å². The standard InChI is InChI=1S/C15H18O4/c1-11-15(13(7-8-18-11)9-14(16)17)19-10-12-5-3-2-4-6-12/h2-8,11,13,15H,9-10H2,1H3,(H,16,17)/t11-,13+,15+/m0/s1. The molecule has 0 saturated carbocycles. The molecule has 0 amide bonds. The van der Waals surface area contributed by atoms with E-state index in [9.17, 15) is 4.79 Å². The van der Waals surface area contributed by atoms with Crippen molar-refractivity contribution in [2.75, 3.05) is 0 Å². The zero-order valence-corrected chi connectivity index (χ0v) is 10.9. The van der Waals surface area contributed by atoms with Crippen LogP contribution in [-0.4, -0.2) is 23.3 Å². The summed E-state index contributed by atoms with van der Waals surface area (Å²) >= 11 is 0. The number of carboxylic acid groups (broad SMARTS) is 1. The lowest BCUT2D eigenvalue weighted by molar-refractivity contribution is -0.141. The van der Waals surface area contributed by atoms with Crippen molar-refractivity contribution in [3.8, 4) is 0 Å². The second-order valence-electron chi connectivity index (χ2n) is 4.69. The maximum absolute atomic E-state index is 10.9. The van der Waals surface area contributed by atoms with Gasteiger partial charge in [0.2, 0.25) is 0 Å². The molecule has 4 heteroatoms. The van der Waals surface area contributed by atoms with Crippen LogP contribution in [0.5, 0.6) is 0 Å². The predicted molar refractivity (Wildman–Crippen MR) is 70.4 cm³/mol. The molecule has 0 radical (unpaired) electrons. The third-order valence-corrected chi connectivity index (χ3v) is 3.20. The molecule has 2 rings (SSSR count). The minimum absolute atomic E-state index is 0.0592. The molecular weight excluding hydrogens is 244 g/mol. The Morgan fingerprint density at radius 1 is 1.37 bits per heavy atom. The molecule has 0 aliphatic carbocycles. The van der Waals surface area contributed by atoms with E-state index in [4.69, 9.17) is 14.6 Å². The zero-order valence-electron chi connectivity index (χ0n) is 10.9. The largest absolute Gasteiger partial charge is 0.496 e. The van der Waals surface area contributed by atoms with Crippen LogP contribution < -0.4 is 0 Å². The van der Waals surface area contributed by atoms with Crippen LogP contribution in [0.25, 0.3) is 0 Å². The van der Waals surface area contributed by atoms with E-state index in [1.54, 1.807) is 12.3 Å². The number of benzene rings is 1. The summed E-state index contributed by atoms with van der Waals surface area (Å²) in [4.78, 5) is 10.9. The molecule has 0 saturated heterocycles. The van der Waals surface area contributed by atoms with E-state index in [2.05, 4.69) is 0 Å². The van der Waals surface area contributed by atoms with E-state index in [-0.39, 0.29) is 24.5 Å². The van der Waals surface area contributed by atoms with Crippen molar-refractivity contribution < 1.29 is 19.4 Å². The van der Waals surface area contributed by atoms with E-state index in [0.29, 0.717) is 6.61 Å². The number of carbonyl (C=O) groups is 1. The highest BCUT2D eigenvalue weighted by Gasteiger charge is 2.31. The first kappa shape index (κ1) is 13.6. The van der Waals surface area contributed by atoms with Gasteiger partial charge in [-0.05, 0) is 18.6 Å². The molecular formula is C15H18O4. The van der Waals surface area contributed by atoms with Crippen molar-refractivity contribution in [3.63, 3.8) is 0 Å². The average molecular weight is 262 g/mol. The van der Waals surface area contributed by atoms with Gasteiger partial charge in [-0.3, -0.25) is 4.79 Å². The molecule has 102 valence electrons. The lowest BCUT2D eigenvalue weighted by atomic mass is 9.93. The van der Waals surface area contributed by atoms with Gasteiger partial charge in [-0.2, -0.15) is 0 Å². The van der Waals surface area contributed by atoms with Crippen molar-refractivity contribution in [1.29, 1.82) is 0 Å². The molecule has 0 aromatic heterocycles. The first-order chi connectivity index (χ1) is 9.16. The van der Waals surface area contributed by atoms with Gasteiger partial charge in [-0.25, -0.2) is 0 Å². The van der Waals surface area contributed by atoms with Gasteiger partial charge >= 0.3 is 5.97 Å². The Morgan fingerprint density at radius 2 is 2.11 bits per heavy atom. The smallest absolute Gasteiger partial charge is 0.304 e. The van der Waals surface area contributed by atoms with Crippen molar-refractivity contribution in [3.05, 3.63) is 48.2 Å². The SMILES string of the molecule is C[C@@H]1OC=C[C@H](CC(=O)O)[C@@H]1OCc1ccccc1. The van der Waals surface area contributed by atoms with Gasteiger partial charge in [0.1, 0.15) is 12.2 Å². The Hall–Kier alpha value is -1.81. The lowest BCUT2D eigenvalue weighted by Gasteiger charge is -2.32. The topological polar surface area (TPSA) is 55.8 Å². The third-order valence-electron chi connectivity index (χ3n) is 3.20. The first-order valence-electron chi connectivity index (χ1n) is 6.36. The third kappa shape index (κ3) is 3.83. The molecule has 4 nitrogen and oxygen atoms in total. The molecule has 19 heavy (non-hydrogen) atoms. The van der Waals surface area contributed by atoms with E-state index in [1.165, 1.54) is 0 Å². The summed E-state index contributed by atoms with van der Waals surface area (Å²) in [6.07, 6.45) is 3.02. The van der Waals surface area contributed by atoms with Crippen LogP contribution in [-0.2, 0) is 20.9 Å². The Bertz CT molecular complexity index is 441. The number of rotatable bonds is 5. The van der Waals surface area contributed by atoms with Gasteiger partial charge in [0.05, 0.1) is 19.3 Å². The van der Waals surface area contributed by atoms with Crippen LogP contribution in [0.15, 0.2) is 42.7 Å². The number of carboxylic acids is 1. The zero-order chi connectivity index (χ0) is 13.7. The van der Waals surface area contributed by atoms with E-state index >= 15 is 0 Å². The van der Waals surface area contributed by atoms with Crippen LogP contribution in [0.1, 0.15) is 18.9 Å². The van der Waals surface area contributed by atoms with Gasteiger partial charge in [0.25, 0.3) is 0 Å². The highest BCUT2D eigenvalue weighted by molar-refractivity contribution is 5.67. The van der Waals surface area contributed by atoms with Crippen LogP contribution >= 0.6 is 0 Å². The second kappa shape index (κ2) is 6.38. The van der Waals surface area contributed by atoms with Crippen LogP contribution in [0.4, 0.5) is 0 Å². The molecule has 1 aliphatic rings. The summed E-state index contributed by atoms with van der Waals surface area (Å²) in [7, 11) is 0. The Morgan fingerprint density at radius 3 is 2.79 bits per heavy atom. The molecule has 0 bridgehead atoms. The molecule has 1 aromatic carbocycles. The molecule has 1 N–H and O–H groups in total. The minimum atomic E-state index is -0.822. The summed E-state index contributed by atoms with van der Waals surface area (Å²) < 4.78 is 11.2. The Kier molecular flexibility index (Phi) is 4.58. The average Bonchev–Trinajstić information content (AvgIpc) is 2.38. The molecule has 1 aromatic rings. The minimum Gasteiger partial charge on any atom is -0.496 e. The summed E-state index contributed by atoms with van der Waals surface area (Å²) in [6.45, 7) is 2.36. The maximum atomic E-state index is 10.9. The summed E-state index contributed by atoms with van der Waals surface area (Å²) in [5.41, 5.74) is 1.07. The molecule has 0 spiro atoms. The highest BCUT2D eigenvalue weighted by atomic mass is 16.5. The van der Waals surface area contributed by atoms with Crippen molar-refractivity contribution in [1.82, 2.24) is 0 Å². The molecule has 1 aliphatic heterocycles. The monoisotopic (exact) mass is 262 g/mol. The van der Waals surface area contributed by atoms with Crippen LogP contribution in [0.2, 0.25) is 0 Å². The fourth-order valence-corrected chi connectivity index (χ4v) is 2.22. The summed E-state index contributed by atoms with van der Waals surface area (Å²) in [5, 5.41) is 8.92. The van der Waals surface area contributed by atoms with Crippen molar-refractivity contribution in [2.24, 2.45) is 5.92 Å². The summed E-state index contributed by atoms with van der Waals surface area (Å²) in [5.74, 6) is -0.970. The fourth-order valence-electron chi connectivity index (χ4n) is 2.22. The van der Waals surface area contributed by atoms with Gasteiger partial charge in [0.15, 0.2) is 0 Å². The van der Waals surface area contributed by atoms with Crippen molar-refractivity contribution >= 4 is 5.97 Å². The summed E-state index contributed by atoms with van der Waals surface area (Å²) in [6, 6.07) is 9.82. The van der Waals surface area contributed by atoms with Crippen LogP contribution in [0.3, 0.4) is 0 Å². The maximum Gasteiger partial charge on any atom is 0.304 e. The molecule has 1 heterocycles. The number of ether oxygens (including phenoxy) is 2. The quantitative estimate of drug-likeness (QED) is 0.886. The van der Waals surface area contributed by atoms with Crippen molar-refractivity contribution in [2.45, 2.75) is 32.2 Å². The number of aliphatic carboxylic acids is 1. The number of hydrogen-bond acceptors (Lipinski definition) is 3. The van der Waals surface area contributed by atoms with Gasteiger partial charge in [0, 0.05) is 5.92 Å². The predicted octanol–water partition coefficient (Wildman–Crippen LogP) is 2.60. The molecule has 0 unspecified atom stereocenters. The second-order valence-corrected chi connectivity index (χ2v) is 4.69. The normalized spacial score (nSPS) is 25.8. The lowest BCUT2D eigenvalue weighted by Crippen LogP contribution is -2.38. The van der Waals surface area contributed by atoms with Gasteiger partial charge in [-0.15, -0.1) is 0 Å². The Balaban J connectivity index is 1.98. The molecule has 3 atom stereocenters. The fraction of sp³-hybridized carbons (Fsp3) is 0.400.